The number of hydrogen-bond donors (Lipinski definition) is 1. The van der Waals surface area contributed by atoms with Crippen molar-refractivity contribution in [3.8, 4) is 0 Å². The number of carbonyl (C=O) groups excluding carboxylic acids is 1. The highest BCUT2D eigenvalue weighted by Crippen LogP contribution is 2.36. The summed E-state index contributed by atoms with van der Waals surface area (Å²) in [6, 6.07) is 19.2. The summed E-state index contributed by atoms with van der Waals surface area (Å²) in [4.78, 5) is 14.8. The SMILES string of the molecule is Cc1ccc([C@H]2C=C(Nc3ccc(F)cc3)C(=O)N2c2ccc(F)cc2)cc1. The highest BCUT2D eigenvalue weighted by atomic mass is 19.1. The topological polar surface area (TPSA) is 32.3 Å². The number of hydrogen-bond acceptors (Lipinski definition) is 2. The second-order valence-electron chi connectivity index (χ2n) is 6.72. The van der Waals surface area contributed by atoms with Crippen molar-refractivity contribution < 1.29 is 13.6 Å². The van der Waals surface area contributed by atoms with Crippen molar-refractivity contribution >= 4 is 17.3 Å². The third-order valence-electron chi connectivity index (χ3n) is 4.70. The Balaban J connectivity index is 1.72. The first kappa shape index (κ1) is 17.9. The number of rotatable bonds is 4. The highest BCUT2D eigenvalue weighted by molar-refractivity contribution is 6.11. The lowest BCUT2D eigenvalue weighted by molar-refractivity contribution is -0.114. The van der Waals surface area contributed by atoms with Gasteiger partial charge in [0.05, 0.1) is 6.04 Å². The van der Waals surface area contributed by atoms with Crippen molar-refractivity contribution in [3.63, 3.8) is 0 Å². The van der Waals surface area contributed by atoms with Gasteiger partial charge in [0.2, 0.25) is 0 Å². The number of amides is 1. The van der Waals surface area contributed by atoms with E-state index >= 15 is 0 Å². The molecule has 3 aromatic rings. The Hall–Kier alpha value is -3.47. The maximum Gasteiger partial charge on any atom is 0.275 e. The van der Waals surface area contributed by atoms with Crippen LogP contribution < -0.4 is 10.2 Å². The molecule has 0 radical (unpaired) electrons. The number of carbonyl (C=O) groups is 1. The molecule has 0 saturated carbocycles. The zero-order valence-corrected chi connectivity index (χ0v) is 15.2. The zero-order chi connectivity index (χ0) is 19.7. The number of nitrogens with zero attached hydrogens (tertiary/aromatic N) is 1. The molecule has 5 heteroatoms. The lowest BCUT2D eigenvalue weighted by atomic mass is 10.0. The van der Waals surface area contributed by atoms with Crippen molar-refractivity contribution in [1.29, 1.82) is 0 Å². The predicted octanol–water partition coefficient (Wildman–Crippen LogP) is 5.36. The number of benzene rings is 3. The van der Waals surface area contributed by atoms with Gasteiger partial charge in [0.25, 0.3) is 5.91 Å². The van der Waals surface area contributed by atoms with Crippen LogP contribution in [0.3, 0.4) is 0 Å². The van der Waals surface area contributed by atoms with Gasteiger partial charge in [-0.25, -0.2) is 8.78 Å². The summed E-state index contributed by atoms with van der Waals surface area (Å²) in [6.45, 7) is 2.00. The summed E-state index contributed by atoms with van der Waals surface area (Å²) >= 11 is 0. The molecule has 1 atom stereocenters. The van der Waals surface area contributed by atoms with Crippen LogP contribution in [-0.2, 0) is 4.79 Å². The standard InChI is InChI=1S/C23H18F2N2O/c1-15-2-4-16(5-3-15)22-14-21(26-19-10-6-17(24)7-11-19)23(28)27(22)20-12-8-18(25)9-13-20/h2-14,22,26H,1H3/t22-/m1/s1. The molecule has 4 rings (SSSR count). The first-order valence-electron chi connectivity index (χ1n) is 8.91. The molecule has 1 heterocycles. The Morgan fingerprint density at radius 3 is 2.00 bits per heavy atom. The van der Waals surface area contributed by atoms with Crippen LogP contribution in [0.15, 0.2) is 84.6 Å². The van der Waals surface area contributed by atoms with Crippen molar-refractivity contribution in [3.05, 3.63) is 107 Å². The molecule has 0 saturated heterocycles. The molecule has 1 N–H and O–H groups in total. The maximum atomic E-state index is 13.4. The lowest BCUT2D eigenvalue weighted by Gasteiger charge is -2.25. The highest BCUT2D eigenvalue weighted by Gasteiger charge is 2.34. The van der Waals surface area contributed by atoms with E-state index in [2.05, 4.69) is 5.32 Å². The summed E-state index contributed by atoms with van der Waals surface area (Å²) in [7, 11) is 0. The molecule has 0 fully saturated rings. The van der Waals surface area contributed by atoms with E-state index in [0.29, 0.717) is 17.1 Å². The number of aryl methyl sites for hydroxylation is 1. The van der Waals surface area contributed by atoms with Gasteiger partial charge >= 0.3 is 0 Å². The molecule has 0 bridgehead atoms. The van der Waals surface area contributed by atoms with Gasteiger partial charge in [-0.3, -0.25) is 9.69 Å². The Bertz CT molecular complexity index is 1030. The molecule has 0 spiro atoms. The molecule has 28 heavy (non-hydrogen) atoms. The zero-order valence-electron chi connectivity index (χ0n) is 15.2. The van der Waals surface area contributed by atoms with Crippen LogP contribution in [0.25, 0.3) is 0 Å². The average molecular weight is 376 g/mol. The van der Waals surface area contributed by atoms with E-state index in [9.17, 15) is 13.6 Å². The number of halogens is 2. The van der Waals surface area contributed by atoms with Crippen LogP contribution in [0.2, 0.25) is 0 Å². The first-order valence-corrected chi connectivity index (χ1v) is 8.91. The van der Waals surface area contributed by atoms with E-state index in [0.717, 1.165) is 11.1 Å². The Morgan fingerprint density at radius 1 is 0.821 bits per heavy atom. The Kier molecular flexibility index (Phi) is 4.65. The summed E-state index contributed by atoms with van der Waals surface area (Å²) in [5.74, 6) is -0.941. The number of nitrogens with one attached hydrogen (secondary N) is 1. The van der Waals surface area contributed by atoms with Crippen LogP contribution in [-0.4, -0.2) is 5.91 Å². The fourth-order valence-corrected chi connectivity index (χ4v) is 3.23. The van der Waals surface area contributed by atoms with E-state index in [4.69, 9.17) is 0 Å². The third-order valence-corrected chi connectivity index (χ3v) is 4.70. The molecular formula is C23H18F2N2O. The van der Waals surface area contributed by atoms with Crippen LogP contribution in [0.1, 0.15) is 17.2 Å². The van der Waals surface area contributed by atoms with E-state index in [1.54, 1.807) is 29.2 Å². The minimum absolute atomic E-state index is 0.235. The molecule has 3 aromatic carbocycles. The first-order chi connectivity index (χ1) is 13.5. The van der Waals surface area contributed by atoms with Crippen LogP contribution in [0.5, 0.6) is 0 Å². The fraction of sp³-hybridized carbons (Fsp3) is 0.0870. The van der Waals surface area contributed by atoms with Gasteiger partial charge in [-0.05, 0) is 67.1 Å². The summed E-state index contributed by atoms with van der Waals surface area (Å²) < 4.78 is 26.5. The van der Waals surface area contributed by atoms with E-state index in [1.807, 2.05) is 37.3 Å². The van der Waals surface area contributed by atoms with E-state index in [1.165, 1.54) is 24.3 Å². The van der Waals surface area contributed by atoms with Gasteiger partial charge in [-0.1, -0.05) is 29.8 Å². The van der Waals surface area contributed by atoms with Gasteiger partial charge in [0.1, 0.15) is 17.3 Å². The molecule has 1 aliphatic rings. The molecule has 0 aromatic heterocycles. The Labute approximate surface area is 161 Å². The molecular weight excluding hydrogens is 358 g/mol. The minimum Gasteiger partial charge on any atom is -0.351 e. The molecule has 0 unspecified atom stereocenters. The van der Waals surface area contributed by atoms with Crippen LogP contribution in [0.4, 0.5) is 20.2 Å². The molecule has 0 aliphatic carbocycles. The van der Waals surface area contributed by atoms with Gasteiger partial charge in [-0.2, -0.15) is 0 Å². The van der Waals surface area contributed by atoms with Gasteiger partial charge in [0, 0.05) is 11.4 Å². The summed E-state index contributed by atoms with van der Waals surface area (Å²) in [5.41, 5.74) is 3.67. The average Bonchev–Trinajstić information content (AvgIpc) is 3.01. The summed E-state index contributed by atoms with van der Waals surface area (Å²) in [6.07, 6.45) is 1.83. The quantitative estimate of drug-likeness (QED) is 0.665. The lowest BCUT2D eigenvalue weighted by Crippen LogP contribution is -2.30. The third kappa shape index (κ3) is 3.51. The van der Waals surface area contributed by atoms with E-state index in [-0.39, 0.29) is 23.6 Å². The maximum absolute atomic E-state index is 13.4. The Morgan fingerprint density at radius 2 is 1.39 bits per heavy atom. The van der Waals surface area contributed by atoms with Gasteiger partial charge < -0.3 is 5.32 Å². The van der Waals surface area contributed by atoms with Gasteiger partial charge in [0.15, 0.2) is 0 Å². The molecule has 1 amide bonds. The molecule has 140 valence electrons. The molecule has 1 aliphatic heterocycles. The fourth-order valence-electron chi connectivity index (χ4n) is 3.23. The van der Waals surface area contributed by atoms with Crippen molar-refractivity contribution in [2.24, 2.45) is 0 Å². The van der Waals surface area contributed by atoms with Crippen molar-refractivity contribution in [2.75, 3.05) is 10.2 Å². The van der Waals surface area contributed by atoms with Crippen molar-refractivity contribution in [1.82, 2.24) is 0 Å². The van der Waals surface area contributed by atoms with Crippen LogP contribution >= 0.6 is 0 Å². The van der Waals surface area contributed by atoms with Crippen molar-refractivity contribution in [2.45, 2.75) is 13.0 Å². The normalized spacial score (nSPS) is 16.2. The largest absolute Gasteiger partial charge is 0.351 e. The summed E-state index contributed by atoms with van der Waals surface area (Å²) in [5, 5.41) is 3.07. The number of anilines is 2. The van der Waals surface area contributed by atoms with Gasteiger partial charge in [-0.15, -0.1) is 0 Å². The minimum atomic E-state index is -0.361. The predicted molar refractivity (Wildman–Crippen MR) is 106 cm³/mol. The van der Waals surface area contributed by atoms with Crippen LogP contribution in [0, 0.1) is 18.6 Å². The second-order valence-corrected chi connectivity index (χ2v) is 6.72. The van der Waals surface area contributed by atoms with E-state index < -0.39 is 0 Å². The smallest absolute Gasteiger partial charge is 0.275 e. The second kappa shape index (κ2) is 7.27. The monoisotopic (exact) mass is 376 g/mol. The molecule has 3 nitrogen and oxygen atoms in total.